The maximum Gasteiger partial charge on any atom is 0.338 e. The Hall–Kier alpha value is -2.95. The Bertz CT molecular complexity index is 943. The summed E-state index contributed by atoms with van der Waals surface area (Å²) < 4.78 is 5.93. The lowest BCUT2D eigenvalue weighted by Crippen LogP contribution is -2.31. The Morgan fingerprint density at radius 3 is 1.87 bits per heavy atom. The van der Waals surface area contributed by atoms with E-state index in [1.54, 1.807) is 24.3 Å². The van der Waals surface area contributed by atoms with Gasteiger partial charge in [0.15, 0.2) is 0 Å². The molecule has 154 valence electrons. The van der Waals surface area contributed by atoms with E-state index in [9.17, 15) is 15.0 Å². The molecule has 30 heavy (non-hydrogen) atoms. The van der Waals surface area contributed by atoms with Crippen LogP contribution in [0.1, 0.15) is 46.5 Å². The van der Waals surface area contributed by atoms with Gasteiger partial charge in [0, 0.05) is 11.8 Å². The molecule has 0 bridgehead atoms. The zero-order valence-electron chi connectivity index (χ0n) is 16.7. The molecular weight excluding hydrogens is 376 g/mol. The van der Waals surface area contributed by atoms with Crippen LogP contribution in [0.2, 0.25) is 0 Å². The number of rotatable bonds is 6. The Balaban J connectivity index is 1.57. The van der Waals surface area contributed by atoms with Crippen molar-refractivity contribution < 1.29 is 19.7 Å². The summed E-state index contributed by atoms with van der Waals surface area (Å²) in [7, 11) is 0. The van der Waals surface area contributed by atoms with Crippen LogP contribution in [-0.2, 0) is 4.74 Å². The second kappa shape index (κ2) is 9.24. The van der Waals surface area contributed by atoms with Crippen molar-refractivity contribution in [2.45, 2.75) is 31.2 Å². The lowest BCUT2D eigenvalue weighted by molar-refractivity contribution is -0.0365. The molecule has 4 nitrogen and oxygen atoms in total. The third kappa shape index (κ3) is 4.30. The van der Waals surface area contributed by atoms with Gasteiger partial charge >= 0.3 is 5.97 Å². The molecule has 4 heteroatoms. The highest BCUT2D eigenvalue weighted by Gasteiger charge is 2.44. The van der Waals surface area contributed by atoms with E-state index < -0.39 is 24.3 Å². The summed E-state index contributed by atoms with van der Waals surface area (Å²) in [6.07, 6.45) is -0.797. The van der Waals surface area contributed by atoms with Gasteiger partial charge in [-0.1, -0.05) is 78.9 Å². The minimum atomic E-state index is -0.783. The smallest absolute Gasteiger partial charge is 0.338 e. The first kappa shape index (κ1) is 20.3. The lowest BCUT2D eigenvalue weighted by atomic mass is 9.87. The van der Waals surface area contributed by atoms with E-state index in [1.165, 1.54) is 0 Å². The predicted molar refractivity (Wildman–Crippen MR) is 115 cm³/mol. The highest BCUT2D eigenvalue weighted by molar-refractivity contribution is 5.89. The van der Waals surface area contributed by atoms with Crippen molar-refractivity contribution in [2.75, 3.05) is 0 Å². The molecule has 2 N–H and O–H groups in total. The maximum atomic E-state index is 12.8. The molecule has 1 unspecified atom stereocenters. The Morgan fingerprint density at radius 1 is 0.767 bits per heavy atom. The zero-order chi connectivity index (χ0) is 20.9. The van der Waals surface area contributed by atoms with Crippen LogP contribution in [0, 0.1) is 11.8 Å². The molecule has 1 aliphatic carbocycles. The van der Waals surface area contributed by atoms with Crippen LogP contribution in [0.5, 0.6) is 0 Å². The SMILES string of the molecule is O=C(OC(c1ccccc1)[C@H]1CC[C@H]([C@H](O)c2ccccc2)[C@@H]1O)c1ccccc1. The molecule has 1 saturated carbocycles. The molecule has 0 amide bonds. The van der Waals surface area contributed by atoms with Gasteiger partial charge in [-0.25, -0.2) is 4.79 Å². The molecule has 4 rings (SSSR count). The highest BCUT2D eigenvalue weighted by Crippen LogP contribution is 2.46. The molecule has 3 aromatic rings. The summed E-state index contributed by atoms with van der Waals surface area (Å²) in [5.74, 6) is -1.01. The zero-order valence-corrected chi connectivity index (χ0v) is 16.7. The number of benzene rings is 3. The number of hydrogen-bond acceptors (Lipinski definition) is 4. The van der Waals surface area contributed by atoms with Gasteiger partial charge < -0.3 is 14.9 Å². The second-order valence-corrected chi connectivity index (χ2v) is 7.85. The standard InChI is InChI=1S/C26H26O4/c27-23(18-10-4-1-5-11-18)21-16-17-22(24(21)28)25(19-12-6-2-7-13-19)30-26(29)20-14-8-3-9-15-20/h1-15,21-25,27-28H,16-17H2/t21-,22+,23-,24+,25?/m1/s1. The van der Waals surface area contributed by atoms with Gasteiger partial charge in [-0.2, -0.15) is 0 Å². The molecule has 3 aromatic carbocycles. The van der Waals surface area contributed by atoms with Crippen LogP contribution >= 0.6 is 0 Å². The fraction of sp³-hybridized carbons (Fsp3) is 0.269. The molecule has 0 heterocycles. The quantitative estimate of drug-likeness (QED) is 0.586. The van der Waals surface area contributed by atoms with Crippen LogP contribution in [0.3, 0.4) is 0 Å². The van der Waals surface area contributed by atoms with Crippen molar-refractivity contribution >= 4 is 5.97 Å². The first-order valence-electron chi connectivity index (χ1n) is 10.4. The van der Waals surface area contributed by atoms with Crippen LogP contribution < -0.4 is 0 Å². The molecule has 0 aromatic heterocycles. The predicted octanol–water partition coefficient (Wildman–Crippen LogP) is 4.71. The number of carbonyl (C=O) groups is 1. The summed E-state index contributed by atoms with van der Waals surface area (Å²) in [6, 6.07) is 27.8. The number of aliphatic hydroxyl groups is 2. The minimum Gasteiger partial charge on any atom is -0.453 e. The largest absolute Gasteiger partial charge is 0.453 e. The number of carbonyl (C=O) groups excluding carboxylic acids is 1. The first-order chi connectivity index (χ1) is 14.6. The van der Waals surface area contributed by atoms with Crippen molar-refractivity contribution in [3.8, 4) is 0 Å². The summed E-state index contributed by atoms with van der Waals surface area (Å²) in [6.45, 7) is 0. The van der Waals surface area contributed by atoms with Crippen molar-refractivity contribution in [3.63, 3.8) is 0 Å². The molecule has 0 spiro atoms. The highest BCUT2D eigenvalue weighted by atomic mass is 16.5. The van der Waals surface area contributed by atoms with Crippen molar-refractivity contribution in [1.82, 2.24) is 0 Å². The van der Waals surface area contributed by atoms with Gasteiger partial charge in [0.05, 0.1) is 17.8 Å². The van der Waals surface area contributed by atoms with Gasteiger partial charge in [-0.05, 0) is 36.1 Å². The average Bonchev–Trinajstić information content (AvgIpc) is 3.19. The second-order valence-electron chi connectivity index (χ2n) is 7.85. The first-order valence-corrected chi connectivity index (χ1v) is 10.4. The van der Waals surface area contributed by atoms with Crippen LogP contribution in [0.4, 0.5) is 0 Å². The Kier molecular flexibility index (Phi) is 6.26. The van der Waals surface area contributed by atoms with E-state index in [4.69, 9.17) is 4.74 Å². The molecular formula is C26H26O4. The van der Waals surface area contributed by atoms with Crippen molar-refractivity contribution in [3.05, 3.63) is 108 Å². The summed E-state index contributed by atoms with van der Waals surface area (Å²) >= 11 is 0. The molecule has 1 aliphatic rings. The van der Waals surface area contributed by atoms with E-state index in [2.05, 4.69) is 0 Å². The van der Waals surface area contributed by atoms with Crippen LogP contribution in [-0.4, -0.2) is 22.3 Å². The monoisotopic (exact) mass is 402 g/mol. The molecule has 5 atom stereocenters. The fourth-order valence-electron chi connectivity index (χ4n) is 4.42. The number of esters is 1. The van der Waals surface area contributed by atoms with E-state index >= 15 is 0 Å². The minimum absolute atomic E-state index is 0.288. The maximum absolute atomic E-state index is 12.8. The molecule has 0 radical (unpaired) electrons. The van der Waals surface area contributed by atoms with E-state index in [-0.39, 0.29) is 11.8 Å². The summed E-state index contributed by atoms with van der Waals surface area (Å²) in [5.41, 5.74) is 2.12. The van der Waals surface area contributed by atoms with E-state index in [0.29, 0.717) is 18.4 Å². The Labute approximate surface area is 176 Å². The number of ether oxygens (including phenoxy) is 1. The third-order valence-electron chi connectivity index (χ3n) is 6.02. The fourth-order valence-corrected chi connectivity index (χ4v) is 4.42. The summed E-state index contributed by atoms with van der Waals surface area (Å²) in [4.78, 5) is 12.8. The lowest BCUT2D eigenvalue weighted by Gasteiger charge is -2.29. The number of hydrogen-bond donors (Lipinski definition) is 2. The molecule has 0 aliphatic heterocycles. The van der Waals surface area contributed by atoms with Crippen molar-refractivity contribution in [2.24, 2.45) is 11.8 Å². The van der Waals surface area contributed by atoms with Gasteiger partial charge in [-0.15, -0.1) is 0 Å². The van der Waals surface area contributed by atoms with E-state index in [0.717, 1.165) is 11.1 Å². The van der Waals surface area contributed by atoms with Gasteiger partial charge in [0.1, 0.15) is 6.10 Å². The Morgan fingerprint density at radius 2 is 1.27 bits per heavy atom. The summed E-state index contributed by atoms with van der Waals surface area (Å²) in [5, 5.41) is 22.0. The van der Waals surface area contributed by atoms with Crippen LogP contribution in [0.25, 0.3) is 0 Å². The third-order valence-corrected chi connectivity index (χ3v) is 6.02. The molecule has 1 fully saturated rings. The van der Waals surface area contributed by atoms with Gasteiger partial charge in [-0.3, -0.25) is 0 Å². The van der Waals surface area contributed by atoms with Crippen molar-refractivity contribution in [1.29, 1.82) is 0 Å². The normalized spacial score (nSPS) is 22.9. The average molecular weight is 402 g/mol. The topological polar surface area (TPSA) is 66.8 Å². The van der Waals surface area contributed by atoms with Gasteiger partial charge in [0.25, 0.3) is 0 Å². The molecule has 0 saturated heterocycles. The van der Waals surface area contributed by atoms with E-state index in [1.807, 2.05) is 66.7 Å². The van der Waals surface area contributed by atoms with Gasteiger partial charge in [0.2, 0.25) is 0 Å². The van der Waals surface area contributed by atoms with Crippen LogP contribution in [0.15, 0.2) is 91.0 Å². The number of aliphatic hydroxyl groups excluding tert-OH is 2.